The first-order valence-electron chi connectivity index (χ1n) is 24.8. The van der Waals surface area contributed by atoms with Gasteiger partial charge in [-0.2, -0.15) is 11.8 Å². The van der Waals surface area contributed by atoms with Crippen LogP contribution in [0.4, 0.5) is 4.79 Å². The zero-order valence-electron chi connectivity index (χ0n) is 38.8. The zero-order chi connectivity index (χ0) is 41.9. The lowest BCUT2D eigenvalue weighted by atomic mass is 10.0. The van der Waals surface area contributed by atoms with E-state index in [0.717, 1.165) is 31.7 Å². The number of nitrogens with zero attached hydrogens (tertiary/aromatic N) is 1. The van der Waals surface area contributed by atoms with Gasteiger partial charge in [0.15, 0.2) is 0 Å². The highest BCUT2D eigenvalue weighted by molar-refractivity contribution is 7.99. The molecule has 0 saturated carbocycles. The molecule has 0 rings (SSSR count). The van der Waals surface area contributed by atoms with Crippen molar-refractivity contribution in [3.63, 3.8) is 0 Å². The average Bonchev–Trinajstić information content (AvgIpc) is 3.17. The highest BCUT2D eigenvalue weighted by atomic mass is 32.2. The molecule has 0 aliphatic heterocycles. The number of hydrogen-bond acceptors (Lipinski definition) is 5. The summed E-state index contributed by atoms with van der Waals surface area (Å²) < 4.78 is 5.21. The molecule has 0 aliphatic carbocycles. The average molecular weight is 824 g/mol. The standard InChI is InChI=1S/C49H97N3O4S/c1-6-8-10-12-14-16-18-20-22-24-26-28-30-32-34-36-42-52(43-37-35-33-31-29-27-25-23-21-19-17-15-13-11-9-7-2)47(54)39-45-57-44-38-46(53)50-40-41-51-48(55)56-49(3,4)5/h6-45H2,1-5H3,(H,50,53)(H,51,55). The Bertz CT molecular complexity index is 860. The van der Waals surface area contributed by atoms with E-state index in [-0.39, 0.29) is 11.8 Å². The summed E-state index contributed by atoms with van der Waals surface area (Å²) in [4.78, 5) is 39.5. The molecule has 0 heterocycles. The first-order valence-corrected chi connectivity index (χ1v) is 25.9. The van der Waals surface area contributed by atoms with Crippen LogP contribution in [0.3, 0.4) is 0 Å². The van der Waals surface area contributed by atoms with Crippen LogP contribution in [0.1, 0.15) is 253 Å². The van der Waals surface area contributed by atoms with Gasteiger partial charge in [0, 0.05) is 50.5 Å². The third kappa shape index (κ3) is 44.0. The largest absolute Gasteiger partial charge is 0.444 e. The highest BCUT2D eigenvalue weighted by Crippen LogP contribution is 2.17. The molecule has 0 unspecified atom stereocenters. The Kier molecular flexibility index (Phi) is 41.6. The number of nitrogens with one attached hydrogen (secondary N) is 2. The lowest BCUT2D eigenvalue weighted by Gasteiger charge is -2.23. The highest BCUT2D eigenvalue weighted by Gasteiger charge is 2.16. The summed E-state index contributed by atoms with van der Waals surface area (Å²) in [6.45, 7) is 12.5. The molecular formula is C49H97N3O4S. The minimum atomic E-state index is -0.542. The van der Waals surface area contributed by atoms with Crippen molar-refractivity contribution in [2.75, 3.05) is 37.7 Å². The van der Waals surface area contributed by atoms with E-state index in [9.17, 15) is 14.4 Å². The Morgan fingerprint density at radius 2 is 0.772 bits per heavy atom. The quantitative estimate of drug-likeness (QED) is 0.0598. The van der Waals surface area contributed by atoms with Gasteiger partial charge in [0.2, 0.25) is 11.8 Å². The monoisotopic (exact) mass is 824 g/mol. The molecule has 0 fully saturated rings. The maximum atomic E-state index is 13.3. The maximum Gasteiger partial charge on any atom is 0.407 e. The van der Waals surface area contributed by atoms with Gasteiger partial charge < -0.3 is 20.3 Å². The van der Waals surface area contributed by atoms with Crippen molar-refractivity contribution in [2.24, 2.45) is 0 Å². The van der Waals surface area contributed by atoms with Crippen LogP contribution in [0.2, 0.25) is 0 Å². The molecule has 338 valence electrons. The molecule has 2 N–H and O–H groups in total. The number of thioether (sulfide) groups is 1. The Labute approximate surface area is 359 Å². The number of carbonyl (C=O) groups is 3. The molecule has 0 bridgehead atoms. The smallest absolute Gasteiger partial charge is 0.407 e. The maximum absolute atomic E-state index is 13.3. The van der Waals surface area contributed by atoms with E-state index < -0.39 is 11.7 Å². The second-order valence-corrected chi connectivity index (χ2v) is 19.1. The van der Waals surface area contributed by atoms with Crippen LogP contribution < -0.4 is 10.6 Å². The van der Waals surface area contributed by atoms with Crippen LogP contribution in [0.25, 0.3) is 0 Å². The molecule has 0 aliphatic rings. The predicted octanol–water partition coefficient (Wildman–Crippen LogP) is 14.5. The molecule has 3 amide bonds. The minimum absolute atomic E-state index is 0.0339. The molecule has 7 nitrogen and oxygen atoms in total. The van der Waals surface area contributed by atoms with Gasteiger partial charge in [0.25, 0.3) is 0 Å². The molecule has 57 heavy (non-hydrogen) atoms. The molecule has 8 heteroatoms. The SMILES string of the molecule is CCCCCCCCCCCCCCCCCCN(CCCCCCCCCCCCCCCCCC)C(=O)CCSCCC(=O)NCCNC(=O)OC(C)(C)C. The number of alkyl carbamates (subject to hydrolysis) is 1. The molecular weight excluding hydrogens is 727 g/mol. The van der Waals surface area contributed by atoms with E-state index in [1.807, 2.05) is 20.8 Å². The lowest BCUT2D eigenvalue weighted by Crippen LogP contribution is -2.37. The number of rotatable bonds is 43. The summed E-state index contributed by atoms with van der Waals surface area (Å²) in [6.07, 6.45) is 44.1. The van der Waals surface area contributed by atoms with E-state index in [2.05, 4.69) is 29.4 Å². The van der Waals surface area contributed by atoms with Gasteiger partial charge >= 0.3 is 6.09 Å². The van der Waals surface area contributed by atoms with Crippen molar-refractivity contribution in [2.45, 2.75) is 259 Å². The van der Waals surface area contributed by atoms with Crippen molar-refractivity contribution in [1.82, 2.24) is 15.5 Å². The van der Waals surface area contributed by atoms with Gasteiger partial charge in [-0.15, -0.1) is 0 Å². The molecule has 0 spiro atoms. The lowest BCUT2D eigenvalue weighted by molar-refractivity contribution is -0.131. The van der Waals surface area contributed by atoms with Gasteiger partial charge in [-0.25, -0.2) is 4.79 Å². The van der Waals surface area contributed by atoms with Crippen LogP contribution >= 0.6 is 11.8 Å². The van der Waals surface area contributed by atoms with Gasteiger partial charge in [-0.3, -0.25) is 9.59 Å². The Morgan fingerprint density at radius 3 is 1.12 bits per heavy atom. The first kappa shape index (κ1) is 55.6. The number of hydrogen-bond donors (Lipinski definition) is 2. The molecule has 0 radical (unpaired) electrons. The summed E-state index contributed by atoms with van der Waals surface area (Å²) in [7, 11) is 0. The third-order valence-corrected chi connectivity index (χ3v) is 12.0. The van der Waals surface area contributed by atoms with E-state index in [0.29, 0.717) is 31.7 Å². The fourth-order valence-electron chi connectivity index (χ4n) is 7.42. The first-order chi connectivity index (χ1) is 27.7. The molecule has 0 aromatic rings. The molecule has 0 atom stereocenters. The van der Waals surface area contributed by atoms with Crippen LogP contribution in [-0.4, -0.2) is 66.1 Å². The Balaban J connectivity index is 4.24. The van der Waals surface area contributed by atoms with Crippen molar-refractivity contribution in [1.29, 1.82) is 0 Å². The number of unbranched alkanes of at least 4 members (excludes halogenated alkanes) is 30. The van der Waals surface area contributed by atoms with Crippen LogP contribution in [0.5, 0.6) is 0 Å². The van der Waals surface area contributed by atoms with Gasteiger partial charge in [0.05, 0.1) is 0 Å². The van der Waals surface area contributed by atoms with Crippen LogP contribution in [0, 0.1) is 0 Å². The van der Waals surface area contributed by atoms with Crippen molar-refractivity contribution in [3.8, 4) is 0 Å². The third-order valence-electron chi connectivity index (χ3n) is 11.0. The zero-order valence-corrected chi connectivity index (χ0v) is 39.6. The van der Waals surface area contributed by atoms with E-state index in [1.165, 1.54) is 193 Å². The van der Waals surface area contributed by atoms with Gasteiger partial charge in [0.1, 0.15) is 5.60 Å². The van der Waals surface area contributed by atoms with Crippen molar-refractivity contribution in [3.05, 3.63) is 0 Å². The normalized spacial score (nSPS) is 11.5. The van der Waals surface area contributed by atoms with Crippen LogP contribution in [-0.2, 0) is 14.3 Å². The van der Waals surface area contributed by atoms with Gasteiger partial charge in [-0.1, -0.05) is 206 Å². The summed E-state index contributed by atoms with van der Waals surface area (Å²) in [5, 5.41) is 5.51. The second-order valence-electron chi connectivity index (χ2n) is 17.9. The number of ether oxygens (including phenoxy) is 1. The van der Waals surface area contributed by atoms with E-state index in [4.69, 9.17) is 4.74 Å². The fraction of sp³-hybridized carbons (Fsp3) is 0.939. The second kappa shape index (κ2) is 42.7. The number of amides is 3. The van der Waals surface area contributed by atoms with Crippen LogP contribution in [0.15, 0.2) is 0 Å². The minimum Gasteiger partial charge on any atom is -0.444 e. The Morgan fingerprint density at radius 1 is 0.456 bits per heavy atom. The molecule has 0 saturated heterocycles. The summed E-state index contributed by atoms with van der Waals surface area (Å²) in [6, 6.07) is 0. The molecule has 0 aromatic heterocycles. The number of carbonyl (C=O) groups excluding carboxylic acids is 3. The Hall–Kier alpha value is -1.44. The summed E-state index contributed by atoms with van der Waals surface area (Å²) in [5.41, 5.74) is -0.542. The van der Waals surface area contributed by atoms with Crippen molar-refractivity contribution < 1.29 is 19.1 Å². The van der Waals surface area contributed by atoms with E-state index in [1.54, 1.807) is 11.8 Å². The summed E-state index contributed by atoms with van der Waals surface area (Å²) >= 11 is 1.68. The topological polar surface area (TPSA) is 87.7 Å². The van der Waals surface area contributed by atoms with Crippen molar-refractivity contribution >= 4 is 29.7 Å². The predicted molar refractivity (Wildman–Crippen MR) is 249 cm³/mol. The summed E-state index contributed by atoms with van der Waals surface area (Å²) in [5.74, 6) is 1.69. The van der Waals surface area contributed by atoms with E-state index >= 15 is 0 Å². The molecule has 0 aromatic carbocycles. The fourth-order valence-corrected chi connectivity index (χ4v) is 8.27. The van der Waals surface area contributed by atoms with Gasteiger partial charge in [-0.05, 0) is 33.6 Å².